The zero-order chi connectivity index (χ0) is 20.3. The molecule has 2 aromatic rings. The van der Waals surface area contributed by atoms with E-state index in [1.54, 1.807) is 41.3 Å². The Kier molecular flexibility index (Phi) is 5.36. The highest BCUT2D eigenvalue weighted by Crippen LogP contribution is 2.14. The molecule has 1 saturated heterocycles. The zero-order valence-electron chi connectivity index (χ0n) is 15.5. The summed E-state index contributed by atoms with van der Waals surface area (Å²) in [5, 5.41) is 28.5. The number of hydrogen-bond donors (Lipinski definition) is 0. The van der Waals surface area contributed by atoms with E-state index in [4.69, 9.17) is 0 Å². The van der Waals surface area contributed by atoms with Crippen LogP contribution in [0.25, 0.3) is 11.7 Å². The van der Waals surface area contributed by atoms with E-state index in [0.29, 0.717) is 24.1 Å². The number of sulfonamides is 1. The molecular weight excluding hydrogens is 392 g/mol. The van der Waals surface area contributed by atoms with E-state index in [1.807, 2.05) is 18.2 Å². The molecule has 2 aliphatic rings. The van der Waals surface area contributed by atoms with E-state index in [2.05, 4.69) is 20.7 Å². The van der Waals surface area contributed by atoms with E-state index < -0.39 is 10.0 Å². The lowest BCUT2D eigenvalue weighted by Crippen LogP contribution is -2.50. The van der Waals surface area contributed by atoms with Crippen molar-refractivity contribution in [2.75, 3.05) is 26.2 Å². The Morgan fingerprint density at radius 3 is 2.14 bits per heavy atom. The normalized spacial score (nSPS) is 17.1. The Hall–Kier alpha value is -3.11. The van der Waals surface area contributed by atoms with Gasteiger partial charge in [-0.2, -0.15) is 4.31 Å². The van der Waals surface area contributed by atoms with Gasteiger partial charge in [-0.15, -0.1) is 10.2 Å². The number of hydrogen-bond acceptors (Lipinski definition) is 8. The highest BCUT2D eigenvalue weighted by Gasteiger charge is 2.26. The van der Waals surface area contributed by atoms with Gasteiger partial charge in [-0.25, -0.2) is 8.42 Å². The molecule has 2 heterocycles. The maximum Gasteiger partial charge on any atom is 0.218 e. The van der Waals surface area contributed by atoms with Gasteiger partial charge in [0, 0.05) is 31.4 Å². The molecular formula is C19H19N6O3S-. The molecule has 0 aliphatic carbocycles. The average Bonchev–Trinajstić information content (AvgIpc) is 3.29. The zero-order valence-corrected chi connectivity index (χ0v) is 16.4. The second-order valence-corrected chi connectivity index (χ2v) is 8.68. The molecule has 0 spiro atoms. The molecule has 10 heteroatoms. The molecule has 0 radical (unpaired) electrons. The summed E-state index contributed by atoms with van der Waals surface area (Å²) >= 11 is 0. The summed E-state index contributed by atoms with van der Waals surface area (Å²) in [5.41, 5.74) is 0.755. The molecule has 1 fully saturated rings. The van der Waals surface area contributed by atoms with Gasteiger partial charge in [-0.05, 0) is 27.1 Å². The quantitative estimate of drug-likeness (QED) is 0.713. The van der Waals surface area contributed by atoms with Gasteiger partial charge in [-0.3, -0.25) is 0 Å². The van der Waals surface area contributed by atoms with Gasteiger partial charge in [0.25, 0.3) is 0 Å². The van der Waals surface area contributed by atoms with E-state index in [0.717, 1.165) is 10.8 Å². The summed E-state index contributed by atoms with van der Waals surface area (Å²) in [7, 11) is -3.41. The minimum Gasteiger partial charge on any atom is -0.860 e. The fraction of sp³-hybridized carbons (Fsp3) is 0.263. The molecule has 0 aromatic heterocycles. The summed E-state index contributed by atoms with van der Waals surface area (Å²) in [6, 6.07) is 16.0. The van der Waals surface area contributed by atoms with Crippen molar-refractivity contribution in [1.82, 2.24) is 9.21 Å². The van der Waals surface area contributed by atoms with Crippen LogP contribution in [0.4, 0.5) is 0 Å². The van der Waals surface area contributed by atoms with Crippen LogP contribution in [-0.2, 0) is 15.8 Å². The van der Waals surface area contributed by atoms with E-state index in [1.165, 1.54) is 4.31 Å². The first-order valence-corrected chi connectivity index (χ1v) is 10.7. The highest BCUT2D eigenvalue weighted by molar-refractivity contribution is 7.88. The minimum atomic E-state index is -3.41. The second kappa shape index (κ2) is 8.10. The third kappa shape index (κ3) is 4.33. The van der Waals surface area contributed by atoms with Crippen molar-refractivity contribution in [3.05, 3.63) is 70.6 Å². The van der Waals surface area contributed by atoms with Crippen LogP contribution < -0.4 is 15.5 Å². The molecule has 150 valence electrons. The Balaban J connectivity index is 1.45. The third-order valence-corrected chi connectivity index (χ3v) is 6.67. The molecule has 2 aromatic carbocycles. The fourth-order valence-electron chi connectivity index (χ4n) is 3.25. The smallest absolute Gasteiger partial charge is 0.218 e. The molecule has 4 rings (SSSR count). The lowest BCUT2D eigenvalue weighted by atomic mass is 10.2. The third-order valence-electron chi connectivity index (χ3n) is 4.82. The lowest BCUT2D eigenvalue weighted by molar-refractivity contribution is -0.273. The van der Waals surface area contributed by atoms with Crippen molar-refractivity contribution in [1.29, 1.82) is 0 Å². The van der Waals surface area contributed by atoms with Crippen LogP contribution in [0.5, 0.6) is 0 Å². The molecule has 0 saturated carbocycles. The molecule has 2 aliphatic heterocycles. The van der Waals surface area contributed by atoms with Gasteiger partial charge in [0.1, 0.15) is 0 Å². The summed E-state index contributed by atoms with van der Waals surface area (Å²) < 4.78 is 26.8. The first-order valence-electron chi connectivity index (χ1n) is 9.13. The van der Waals surface area contributed by atoms with Crippen LogP contribution in [-0.4, -0.2) is 43.8 Å². The van der Waals surface area contributed by atoms with Crippen molar-refractivity contribution in [3.63, 3.8) is 0 Å². The molecule has 0 N–H and O–H groups in total. The van der Waals surface area contributed by atoms with Crippen molar-refractivity contribution < 1.29 is 13.5 Å². The van der Waals surface area contributed by atoms with E-state index in [9.17, 15) is 13.5 Å². The minimum absolute atomic E-state index is 0.0310. The van der Waals surface area contributed by atoms with Crippen molar-refractivity contribution in [2.45, 2.75) is 5.75 Å². The van der Waals surface area contributed by atoms with Gasteiger partial charge in [-0.1, -0.05) is 54.6 Å². The summed E-state index contributed by atoms with van der Waals surface area (Å²) in [4.78, 5) is 1.67. The summed E-state index contributed by atoms with van der Waals surface area (Å²) in [6.45, 7) is 1.29. The molecule has 9 nitrogen and oxygen atoms in total. The fourth-order valence-corrected chi connectivity index (χ4v) is 4.77. The summed E-state index contributed by atoms with van der Waals surface area (Å²) in [5.74, 6) is 0.245. The summed E-state index contributed by atoms with van der Waals surface area (Å²) in [6.07, 6.45) is 0. The van der Waals surface area contributed by atoms with Crippen LogP contribution in [0.15, 0.2) is 75.3 Å². The standard InChI is InChI=1S/C19H20N6O3S/c26-19(17-8-6-16(7-9-17)18-20-22-23-21-18)24-10-12-25(13-11-24)29(27,28)14-15-4-2-1-3-5-15/h1-9,26H,10-14H2/p-1. The van der Waals surface area contributed by atoms with Crippen LogP contribution >= 0.6 is 0 Å². The molecule has 0 atom stereocenters. The Morgan fingerprint density at radius 2 is 1.52 bits per heavy atom. The monoisotopic (exact) mass is 411 g/mol. The van der Waals surface area contributed by atoms with Gasteiger partial charge in [0.15, 0.2) is 0 Å². The SMILES string of the molecule is O=S(=O)(Cc1ccccc1)N1CCN(C([O-])=c2ccc(=C3N=NN=N3)cc2)CC1. The highest BCUT2D eigenvalue weighted by atomic mass is 32.2. The van der Waals surface area contributed by atoms with Crippen molar-refractivity contribution >= 4 is 21.7 Å². The van der Waals surface area contributed by atoms with Crippen LogP contribution in [0.2, 0.25) is 0 Å². The molecule has 0 unspecified atom stereocenters. The van der Waals surface area contributed by atoms with Crippen LogP contribution in [0.1, 0.15) is 5.56 Å². The molecule has 29 heavy (non-hydrogen) atoms. The maximum atomic E-state index is 12.7. The topological polar surface area (TPSA) is 113 Å². The average molecular weight is 411 g/mol. The van der Waals surface area contributed by atoms with Crippen molar-refractivity contribution in [3.8, 4) is 0 Å². The second-order valence-electron chi connectivity index (χ2n) is 6.71. The first kappa shape index (κ1) is 19.2. The predicted molar refractivity (Wildman–Crippen MR) is 104 cm³/mol. The van der Waals surface area contributed by atoms with Gasteiger partial charge >= 0.3 is 0 Å². The maximum absolute atomic E-state index is 12.7. The van der Waals surface area contributed by atoms with Gasteiger partial charge < -0.3 is 10.0 Å². The van der Waals surface area contributed by atoms with Crippen LogP contribution in [0, 0.1) is 0 Å². The number of nitrogens with zero attached hydrogens (tertiary/aromatic N) is 6. The number of benzene rings is 2. The largest absolute Gasteiger partial charge is 0.860 e. The lowest BCUT2D eigenvalue weighted by Gasteiger charge is -2.39. The van der Waals surface area contributed by atoms with Crippen LogP contribution in [0.3, 0.4) is 0 Å². The molecule has 0 amide bonds. The predicted octanol–water partition coefficient (Wildman–Crippen LogP) is 0.159. The van der Waals surface area contributed by atoms with E-state index >= 15 is 0 Å². The van der Waals surface area contributed by atoms with E-state index in [-0.39, 0.29) is 24.7 Å². The Labute approximate surface area is 168 Å². The number of rotatable bonds is 4. The van der Waals surface area contributed by atoms with Gasteiger partial charge in [0.05, 0.1) is 5.75 Å². The Bertz CT molecular complexity index is 1130. The molecule has 0 bridgehead atoms. The van der Waals surface area contributed by atoms with Gasteiger partial charge in [0.2, 0.25) is 15.8 Å². The first-order chi connectivity index (χ1) is 14.0. The Morgan fingerprint density at radius 1 is 0.897 bits per heavy atom. The number of piperazine rings is 1. The van der Waals surface area contributed by atoms with Crippen molar-refractivity contribution in [2.24, 2.45) is 20.7 Å².